The molecule has 0 bridgehead atoms. The number of anilines is 1. The summed E-state index contributed by atoms with van der Waals surface area (Å²) in [6, 6.07) is 4.09. The molecule has 7 heteroatoms. The lowest BCUT2D eigenvalue weighted by Gasteiger charge is -2.35. The molecule has 0 saturated carbocycles. The molecule has 1 saturated heterocycles. The summed E-state index contributed by atoms with van der Waals surface area (Å²) in [5.41, 5.74) is 0. The number of carbonyl (C=O) groups excluding carboxylic acids is 1. The van der Waals surface area contributed by atoms with Crippen molar-refractivity contribution < 1.29 is 4.79 Å². The number of hydrogen-bond acceptors (Lipinski definition) is 6. The zero-order chi connectivity index (χ0) is 14.8. The second-order valence-electron chi connectivity index (χ2n) is 5.33. The van der Waals surface area contributed by atoms with Crippen LogP contribution in [0, 0.1) is 5.92 Å². The van der Waals surface area contributed by atoms with Gasteiger partial charge in [0.2, 0.25) is 11.0 Å². The van der Waals surface area contributed by atoms with Gasteiger partial charge in [0, 0.05) is 32.1 Å². The van der Waals surface area contributed by atoms with Gasteiger partial charge in [0.05, 0.1) is 4.88 Å². The number of nitrogens with zero attached hydrogens (tertiary/aromatic N) is 4. The first-order valence-electron chi connectivity index (χ1n) is 7.06. The largest absolute Gasteiger partial charge is 0.343 e. The number of thiophene rings is 1. The van der Waals surface area contributed by atoms with Gasteiger partial charge in [0.15, 0.2) is 5.01 Å². The second-order valence-corrected chi connectivity index (χ2v) is 7.24. The standard InChI is InChI=1S/C14H18N4OS2/c1-10(2)13(19)17-5-7-18(8-6-17)14-16-15-12(21-14)11-4-3-9-20-11/h3-4,9-10H,5-8H2,1-2H3. The highest BCUT2D eigenvalue weighted by molar-refractivity contribution is 7.22. The van der Waals surface area contributed by atoms with Crippen molar-refractivity contribution in [2.75, 3.05) is 31.1 Å². The van der Waals surface area contributed by atoms with Crippen molar-refractivity contribution >= 4 is 33.7 Å². The summed E-state index contributed by atoms with van der Waals surface area (Å²) in [5, 5.41) is 12.5. The van der Waals surface area contributed by atoms with E-state index in [1.165, 1.54) is 0 Å². The van der Waals surface area contributed by atoms with Gasteiger partial charge in [-0.05, 0) is 11.4 Å². The van der Waals surface area contributed by atoms with Crippen LogP contribution in [0.1, 0.15) is 13.8 Å². The van der Waals surface area contributed by atoms with Crippen molar-refractivity contribution in [1.82, 2.24) is 15.1 Å². The van der Waals surface area contributed by atoms with Crippen molar-refractivity contribution in [2.24, 2.45) is 5.92 Å². The molecule has 1 aliphatic rings. The Bertz CT molecular complexity index is 600. The minimum Gasteiger partial charge on any atom is -0.343 e. The topological polar surface area (TPSA) is 49.3 Å². The van der Waals surface area contributed by atoms with E-state index in [1.807, 2.05) is 30.2 Å². The number of amides is 1. The van der Waals surface area contributed by atoms with Crippen LogP contribution in [-0.4, -0.2) is 47.2 Å². The van der Waals surface area contributed by atoms with Crippen LogP contribution in [-0.2, 0) is 4.79 Å². The van der Waals surface area contributed by atoms with Crippen molar-refractivity contribution in [1.29, 1.82) is 0 Å². The molecule has 0 aliphatic carbocycles. The molecule has 3 heterocycles. The summed E-state index contributed by atoms with van der Waals surface area (Å²) in [6.45, 7) is 7.10. The van der Waals surface area contributed by atoms with E-state index in [0.717, 1.165) is 41.2 Å². The molecule has 0 radical (unpaired) electrons. The van der Waals surface area contributed by atoms with Crippen molar-refractivity contribution in [2.45, 2.75) is 13.8 Å². The van der Waals surface area contributed by atoms with Crippen molar-refractivity contribution in [3.63, 3.8) is 0 Å². The van der Waals surface area contributed by atoms with E-state index in [9.17, 15) is 4.79 Å². The molecule has 2 aromatic rings. The zero-order valence-electron chi connectivity index (χ0n) is 12.2. The summed E-state index contributed by atoms with van der Waals surface area (Å²) >= 11 is 3.30. The first-order valence-corrected chi connectivity index (χ1v) is 8.76. The van der Waals surface area contributed by atoms with Gasteiger partial charge in [-0.15, -0.1) is 21.5 Å². The molecule has 0 unspecified atom stereocenters. The van der Waals surface area contributed by atoms with E-state index in [4.69, 9.17) is 0 Å². The Balaban J connectivity index is 1.64. The summed E-state index contributed by atoms with van der Waals surface area (Å²) in [7, 11) is 0. The highest BCUT2D eigenvalue weighted by Gasteiger charge is 2.24. The maximum absolute atomic E-state index is 12.0. The molecule has 2 aromatic heterocycles. The molecule has 1 aliphatic heterocycles. The van der Waals surface area contributed by atoms with Crippen LogP contribution < -0.4 is 4.90 Å². The van der Waals surface area contributed by atoms with Gasteiger partial charge in [0.25, 0.3) is 0 Å². The van der Waals surface area contributed by atoms with Crippen LogP contribution in [0.15, 0.2) is 17.5 Å². The Kier molecular flexibility index (Phi) is 4.21. The lowest BCUT2D eigenvalue weighted by Crippen LogP contribution is -2.49. The predicted octanol–water partition coefficient (Wildman–Crippen LogP) is 2.57. The smallest absolute Gasteiger partial charge is 0.225 e. The van der Waals surface area contributed by atoms with Gasteiger partial charge >= 0.3 is 0 Å². The van der Waals surface area contributed by atoms with Crippen LogP contribution >= 0.6 is 22.7 Å². The van der Waals surface area contributed by atoms with E-state index in [0.29, 0.717) is 0 Å². The van der Waals surface area contributed by atoms with E-state index in [-0.39, 0.29) is 11.8 Å². The summed E-state index contributed by atoms with van der Waals surface area (Å²) in [6.07, 6.45) is 0. The molecular weight excluding hydrogens is 304 g/mol. The molecule has 1 amide bonds. The van der Waals surface area contributed by atoms with E-state index < -0.39 is 0 Å². The number of rotatable bonds is 3. The molecule has 1 fully saturated rings. The first-order chi connectivity index (χ1) is 10.1. The fourth-order valence-electron chi connectivity index (χ4n) is 2.33. The summed E-state index contributed by atoms with van der Waals surface area (Å²) < 4.78 is 0. The maximum atomic E-state index is 12.0. The zero-order valence-corrected chi connectivity index (χ0v) is 13.8. The SMILES string of the molecule is CC(C)C(=O)N1CCN(c2nnc(-c3cccs3)s2)CC1. The highest BCUT2D eigenvalue weighted by Crippen LogP contribution is 2.31. The highest BCUT2D eigenvalue weighted by atomic mass is 32.1. The second kappa shape index (κ2) is 6.11. The first kappa shape index (κ1) is 14.5. The van der Waals surface area contributed by atoms with Crippen LogP contribution in [0.5, 0.6) is 0 Å². The number of hydrogen-bond donors (Lipinski definition) is 0. The Labute approximate surface area is 132 Å². The Hall–Kier alpha value is -1.47. The minimum atomic E-state index is 0.0727. The molecule has 21 heavy (non-hydrogen) atoms. The summed E-state index contributed by atoms with van der Waals surface area (Å²) in [4.78, 5) is 17.3. The predicted molar refractivity (Wildman–Crippen MR) is 86.9 cm³/mol. The molecule has 112 valence electrons. The molecule has 0 N–H and O–H groups in total. The fraction of sp³-hybridized carbons (Fsp3) is 0.500. The summed E-state index contributed by atoms with van der Waals surface area (Å²) in [5.74, 6) is 0.315. The van der Waals surface area contributed by atoms with E-state index in [2.05, 4.69) is 21.2 Å². The van der Waals surface area contributed by atoms with Gasteiger partial charge in [-0.1, -0.05) is 31.3 Å². The number of carbonyl (C=O) groups is 1. The Morgan fingerprint density at radius 1 is 1.24 bits per heavy atom. The average Bonchev–Trinajstić information content (AvgIpc) is 3.17. The third-order valence-electron chi connectivity index (χ3n) is 3.50. The van der Waals surface area contributed by atoms with Crippen LogP contribution in [0.4, 0.5) is 5.13 Å². The lowest BCUT2D eigenvalue weighted by molar-refractivity contribution is -0.134. The maximum Gasteiger partial charge on any atom is 0.225 e. The molecule has 0 atom stereocenters. The van der Waals surface area contributed by atoms with Gasteiger partial charge in [-0.3, -0.25) is 4.79 Å². The third-order valence-corrected chi connectivity index (χ3v) is 5.53. The molecular formula is C14H18N4OS2. The Morgan fingerprint density at radius 2 is 2.00 bits per heavy atom. The fourth-order valence-corrected chi connectivity index (χ4v) is 4.01. The molecule has 0 aromatic carbocycles. The molecule has 3 rings (SSSR count). The minimum absolute atomic E-state index is 0.0727. The quantitative estimate of drug-likeness (QED) is 0.871. The van der Waals surface area contributed by atoms with Crippen molar-refractivity contribution in [3.05, 3.63) is 17.5 Å². The lowest BCUT2D eigenvalue weighted by atomic mass is 10.2. The van der Waals surface area contributed by atoms with Crippen LogP contribution in [0.3, 0.4) is 0 Å². The van der Waals surface area contributed by atoms with E-state index in [1.54, 1.807) is 22.7 Å². The third kappa shape index (κ3) is 3.08. The normalized spacial score (nSPS) is 15.8. The Morgan fingerprint density at radius 3 is 2.62 bits per heavy atom. The average molecular weight is 322 g/mol. The number of aromatic nitrogens is 2. The van der Waals surface area contributed by atoms with Gasteiger partial charge in [0.1, 0.15) is 0 Å². The van der Waals surface area contributed by atoms with Gasteiger partial charge < -0.3 is 9.80 Å². The van der Waals surface area contributed by atoms with E-state index >= 15 is 0 Å². The monoisotopic (exact) mass is 322 g/mol. The molecule has 0 spiro atoms. The van der Waals surface area contributed by atoms with Crippen molar-refractivity contribution in [3.8, 4) is 9.88 Å². The van der Waals surface area contributed by atoms with Crippen LogP contribution in [0.25, 0.3) is 9.88 Å². The van der Waals surface area contributed by atoms with Gasteiger partial charge in [-0.25, -0.2) is 0 Å². The molecule has 5 nitrogen and oxygen atoms in total. The van der Waals surface area contributed by atoms with Crippen LogP contribution in [0.2, 0.25) is 0 Å². The van der Waals surface area contributed by atoms with Gasteiger partial charge in [-0.2, -0.15) is 0 Å². The number of piperazine rings is 1.